The van der Waals surface area contributed by atoms with Gasteiger partial charge < -0.3 is 10.2 Å². The van der Waals surface area contributed by atoms with Crippen molar-refractivity contribution in [2.75, 3.05) is 19.8 Å². The molecule has 3 aliphatic rings. The first-order valence-corrected chi connectivity index (χ1v) is 12.0. The van der Waals surface area contributed by atoms with Crippen molar-refractivity contribution in [3.63, 3.8) is 0 Å². The molecule has 1 aromatic carbocycles. The normalized spacial score (nSPS) is 28.1. The molecule has 0 spiro atoms. The van der Waals surface area contributed by atoms with Crippen LogP contribution in [0.1, 0.15) is 37.4 Å². The van der Waals surface area contributed by atoms with E-state index >= 15 is 0 Å². The van der Waals surface area contributed by atoms with E-state index in [1.807, 2.05) is 0 Å². The number of nitrogens with zero attached hydrogens (tertiary/aromatic N) is 3. The molecule has 33 heavy (non-hydrogen) atoms. The molecule has 0 aromatic heterocycles. The van der Waals surface area contributed by atoms with Gasteiger partial charge in [-0.15, -0.1) is 11.8 Å². The van der Waals surface area contributed by atoms with Crippen molar-refractivity contribution in [2.24, 2.45) is 5.92 Å². The summed E-state index contributed by atoms with van der Waals surface area (Å²) in [6.45, 7) is 0. The highest BCUT2D eigenvalue weighted by Crippen LogP contribution is 2.34. The van der Waals surface area contributed by atoms with Crippen LogP contribution in [0.15, 0.2) is 24.3 Å². The van der Waals surface area contributed by atoms with Gasteiger partial charge >= 0.3 is 6.03 Å². The number of nitro groups is 1. The Morgan fingerprint density at radius 1 is 1.18 bits per heavy atom. The number of amides is 4. The maximum Gasteiger partial charge on any atom is 0.327 e. The molecule has 1 aromatic rings. The quantitative estimate of drug-likeness (QED) is 0.414. The molecule has 0 radical (unpaired) electrons. The third-order valence-electron chi connectivity index (χ3n) is 6.51. The topological polar surface area (TPSA) is 137 Å². The average molecular weight is 477 g/mol. The van der Waals surface area contributed by atoms with Crippen molar-refractivity contribution < 1.29 is 19.3 Å². The van der Waals surface area contributed by atoms with E-state index in [1.54, 1.807) is 19.2 Å². The van der Waals surface area contributed by atoms with Gasteiger partial charge in [-0.2, -0.15) is 0 Å². The third-order valence-corrected chi connectivity index (χ3v) is 7.73. The van der Waals surface area contributed by atoms with Gasteiger partial charge in [0.05, 0.1) is 34.3 Å². The van der Waals surface area contributed by atoms with E-state index in [4.69, 9.17) is 0 Å². The second-order valence-corrected chi connectivity index (χ2v) is 9.79. The maximum atomic E-state index is 13.0. The molecule has 4 amide bonds. The highest BCUT2D eigenvalue weighted by molar-refractivity contribution is 8.00. The lowest BCUT2D eigenvalue weighted by Crippen LogP contribution is -2.72. The number of non-ortho nitro benzene ring substituents is 1. The van der Waals surface area contributed by atoms with Gasteiger partial charge in [0.15, 0.2) is 0 Å². The van der Waals surface area contributed by atoms with Crippen molar-refractivity contribution in [3.05, 3.63) is 39.9 Å². The summed E-state index contributed by atoms with van der Waals surface area (Å²) in [5.74, 6) is -0.814. The molecule has 4 rings (SSSR count). The first-order valence-electron chi connectivity index (χ1n) is 11.0. The number of hydrogen-bond acceptors (Lipinski definition) is 8. The summed E-state index contributed by atoms with van der Waals surface area (Å²) < 4.78 is 0. The van der Waals surface area contributed by atoms with Gasteiger partial charge in [-0.25, -0.2) is 4.79 Å². The number of nitrogens with one attached hydrogen (secondary N) is 3. The fourth-order valence-corrected chi connectivity index (χ4v) is 5.80. The molecule has 3 fully saturated rings. The van der Waals surface area contributed by atoms with Crippen molar-refractivity contribution in [3.8, 4) is 0 Å². The second-order valence-electron chi connectivity index (χ2n) is 8.66. The molecule has 2 saturated heterocycles. The average Bonchev–Trinajstić information content (AvgIpc) is 3.32. The minimum absolute atomic E-state index is 0.0243. The Morgan fingerprint density at radius 3 is 2.48 bits per heavy atom. The lowest BCUT2D eigenvalue weighted by Gasteiger charge is -2.50. The maximum absolute atomic E-state index is 13.0. The predicted molar refractivity (Wildman–Crippen MR) is 122 cm³/mol. The van der Waals surface area contributed by atoms with Crippen LogP contribution in [-0.2, 0) is 9.59 Å². The van der Waals surface area contributed by atoms with Crippen LogP contribution in [0.4, 0.5) is 10.5 Å². The summed E-state index contributed by atoms with van der Waals surface area (Å²) in [4.78, 5) is 51.2. The van der Waals surface area contributed by atoms with Crippen molar-refractivity contribution in [2.45, 2.75) is 49.4 Å². The van der Waals surface area contributed by atoms with Gasteiger partial charge in [-0.1, -0.05) is 12.8 Å². The number of thioether (sulfide) groups is 1. The number of rotatable bonds is 6. The Bertz CT molecular complexity index is 938. The van der Waals surface area contributed by atoms with Crippen LogP contribution < -0.4 is 16.0 Å². The number of carbonyl (C=O) groups is 3. The first kappa shape index (κ1) is 23.5. The molecule has 178 valence electrons. The van der Waals surface area contributed by atoms with Crippen LogP contribution in [0, 0.1) is 16.0 Å². The number of fused-ring (bicyclic) bond motifs is 1. The largest absolute Gasteiger partial charge is 0.353 e. The zero-order valence-corrected chi connectivity index (χ0v) is 19.3. The van der Waals surface area contributed by atoms with Gasteiger partial charge in [0, 0.05) is 32.3 Å². The molecule has 4 unspecified atom stereocenters. The lowest BCUT2D eigenvalue weighted by molar-refractivity contribution is -0.384. The second kappa shape index (κ2) is 9.65. The van der Waals surface area contributed by atoms with Crippen LogP contribution in [-0.4, -0.2) is 70.0 Å². The fraction of sp³-hybridized carbons (Fsp3) is 0.571. The third kappa shape index (κ3) is 4.82. The molecule has 11 nitrogen and oxygen atoms in total. The Balaban J connectivity index is 1.53. The SMILES string of the molecule is CN1C(=O)C2C(SCC(=O)NC3CCCC3)NC(c3ccc([N+](=O)[O-])cc3)NC2N(C)C1=O. The van der Waals surface area contributed by atoms with Gasteiger partial charge in [-0.05, 0) is 30.5 Å². The van der Waals surface area contributed by atoms with Crippen molar-refractivity contribution in [1.29, 1.82) is 0 Å². The van der Waals surface area contributed by atoms with E-state index in [1.165, 1.54) is 35.8 Å². The first-order chi connectivity index (χ1) is 15.8. The van der Waals surface area contributed by atoms with E-state index in [0.717, 1.165) is 36.1 Å². The Hall–Kier alpha value is -2.70. The Morgan fingerprint density at radius 2 is 1.85 bits per heavy atom. The zero-order valence-electron chi connectivity index (χ0n) is 18.5. The summed E-state index contributed by atoms with van der Waals surface area (Å²) in [6, 6.07) is 5.89. The van der Waals surface area contributed by atoms with Gasteiger partial charge in [-0.3, -0.25) is 35.2 Å². The number of imide groups is 1. The van der Waals surface area contributed by atoms with Crippen LogP contribution in [0.3, 0.4) is 0 Å². The number of nitro benzene ring substituents is 1. The smallest absolute Gasteiger partial charge is 0.327 e. The molecule has 1 aliphatic carbocycles. The van der Waals surface area contributed by atoms with E-state index in [0.29, 0.717) is 0 Å². The summed E-state index contributed by atoms with van der Waals surface area (Å²) in [5.41, 5.74) is 0.705. The number of hydrogen-bond donors (Lipinski definition) is 3. The molecular formula is C21H28N6O5S. The molecular weight excluding hydrogens is 448 g/mol. The number of urea groups is 1. The lowest BCUT2D eigenvalue weighted by atomic mass is 9.96. The molecule has 2 heterocycles. The molecule has 12 heteroatoms. The van der Waals surface area contributed by atoms with Gasteiger partial charge in [0.25, 0.3) is 5.69 Å². The molecule has 1 saturated carbocycles. The number of benzene rings is 1. The van der Waals surface area contributed by atoms with Gasteiger partial charge in [0.1, 0.15) is 0 Å². The standard InChI is InChI=1S/C21H28N6O5S/c1-25-18-16(20(29)26(2)21(25)30)19(33-11-15(28)22-13-5-3-4-6-13)24-17(23-18)12-7-9-14(10-8-12)27(31)32/h7-10,13,16-19,23-24H,3-6,11H2,1-2H3,(H,22,28). The van der Waals surface area contributed by atoms with Crippen LogP contribution in [0.2, 0.25) is 0 Å². The van der Waals surface area contributed by atoms with Crippen LogP contribution >= 0.6 is 11.8 Å². The Labute approximate surface area is 195 Å². The minimum atomic E-state index is -0.601. The highest BCUT2D eigenvalue weighted by Gasteiger charge is 2.51. The zero-order chi connectivity index (χ0) is 23.7. The molecule has 4 atom stereocenters. The highest BCUT2D eigenvalue weighted by atomic mass is 32.2. The summed E-state index contributed by atoms with van der Waals surface area (Å²) in [6.07, 6.45) is 3.17. The van der Waals surface area contributed by atoms with E-state index in [9.17, 15) is 24.5 Å². The fourth-order valence-electron chi connectivity index (χ4n) is 4.68. The minimum Gasteiger partial charge on any atom is -0.353 e. The van der Waals surface area contributed by atoms with E-state index < -0.39 is 34.6 Å². The Kier molecular flexibility index (Phi) is 6.86. The van der Waals surface area contributed by atoms with Crippen LogP contribution in [0.25, 0.3) is 0 Å². The summed E-state index contributed by atoms with van der Waals surface area (Å²) in [7, 11) is 3.08. The molecule has 3 N–H and O–H groups in total. The molecule has 0 bridgehead atoms. The van der Waals surface area contributed by atoms with Crippen molar-refractivity contribution in [1.82, 2.24) is 25.8 Å². The van der Waals surface area contributed by atoms with E-state index in [2.05, 4.69) is 16.0 Å². The summed E-state index contributed by atoms with van der Waals surface area (Å²) >= 11 is 1.33. The monoisotopic (exact) mass is 476 g/mol. The number of carbonyl (C=O) groups excluding carboxylic acids is 3. The summed E-state index contributed by atoms with van der Waals surface area (Å²) in [5, 5.41) is 20.3. The molecule has 2 aliphatic heterocycles. The van der Waals surface area contributed by atoms with Crippen LogP contribution in [0.5, 0.6) is 0 Å². The van der Waals surface area contributed by atoms with Gasteiger partial charge in [0.2, 0.25) is 11.8 Å². The van der Waals surface area contributed by atoms with Crippen molar-refractivity contribution >= 4 is 35.3 Å². The predicted octanol–water partition coefficient (Wildman–Crippen LogP) is 1.37. The van der Waals surface area contributed by atoms with E-state index in [-0.39, 0.29) is 29.3 Å².